The Morgan fingerprint density at radius 3 is 2.22 bits per heavy atom. The van der Waals surface area contributed by atoms with Crippen molar-refractivity contribution in [2.24, 2.45) is 0 Å². The Morgan fingerprint density at radius 2 is 1.52 bits per heavy atom. The van der Waals surface area contributed by atoms with Crippen LogP contribution in [0.1, 0.15) is 80.1 Å². The van der Waals surface area contributed by atoms with Gasteiger partial charge in [0, 0.05) is 54.6 Å². The van der Waals surface area contributed by atoms with Gasteiger partial charge in [-0.1, -0.05) is 73.2 Å². The van der Waals surface area contributed by atoms with E-state index in [4.69, 9.17) is 14.6 Å². The molecule has 262 valence electrons. The zero-order chi connectivity index (χ0) is 35.3. The molecule has 1 fully saturated rings. The van der Waals surface area contributed by atoms with Crippen LogP contribution in [0.25, 0.3) is 11.1 Å². The van der Waals surface area contributed by atoms with Gasteiger partial charge in [-0.05, 0) is 71.0 Å². The Morgan fingerprint density at radius 1 is 0.800 bits per heavy atom. The van der Waals surface area contributed by atoms with Gasteiger partial charge in [0.05, 0.1) is 18.8 Å². The summed E-state index contributed by atoms with van der Waals surface area (Å²) in [5.74, 6) is -0.232. The number of carboxylic acid groups (broad SMARTS) is 1. The Labute approximate surface area is 297 Å². The number of carbonyl (C=O) groups is 3. The minimum absolute atomic E-state index is 0.0149. The average Bonchev–Trinajstić information content (AvgIpc) is 3.13. The second kappa shape index (κ2) is 18.5. The topological polar surface area (TPSA) is 134 Å². The van der Waals surface area contributed by atoms with Crippen molar-refractivity contribution >= 4 is 35.2 Å². The van der Waals surface area contributed by atoms with Crippen LogP contribution >= 0.6 is 11.8 Å². The van der Waals surface area contributed by atoms with Crippen molar-refractivity contribution in [1.82, 2.24) is 5.32 Å². The van der Waals surface area contributed by atoms with Crippen molar-refractivity contribution in [2.75, 3.05) is 11.1 Å². The highest BCUT2D eigenvalue weighted by molar-refractivity contribution is 7.99. The number of nitrogens with one attached hydrogen (secondary N) is 2. The van der Waals surface area contributed by atoms with Gasteiger partial charge < -0.3 is 30.3 Å². The molecule has 0 bridgehead atoms. The van der Waals surface area contributed by atoms with E-state index in [9.17, 15) is 19.5 Å². The van der Waals surface area contributed by atoms with E-state index in [0.29, 0.717) is 32.2 Å². The van der Waals surface area contributed by atoms with Gasteiger partial charge in [0.2, 0.25) is 11.8 Å². The van der Waals surface area contributed by atoms with E-state index < -0.39 is 12.3 Å². The van der Waals surface area contributed by atoms with Crippen molar-refractivity contribution < 1.29 is 34.1 Å². The molecule has 3 atom stereocenters. The Bertz CT molecular complexity index is 1710. The van der Waals surface area contributed by atoms with Crippen LogP contribution in [0.5, 0.6) is 0 Å². The fourth-order valence-electron chi connectivity index (χ4n) is 5.77. The maximum Gasteiger partial charge on any atom is 0.303 e. The summed E-state index contributed by atoms with van der Waals surface area (Å²) in [4.78, 5) is 35.4. The van der Waals surface area contributed by atoms with E-state index in [0.717, 1.165) is 56.1 Å². The summed E-state index contributed by atoms with van der Waals surface area (Å²) in [5.41, 5.74) is 6.60. The molecular formula is C40H44N2O7S. The van der Waals surface area contributed by atoms with Gasteiger partial charge in [-0.25, -0.2) is 0 Å². The van der Waals surface area contributed by atoms with Crippen LogP contribution in [0, 0.1) is 0 Å². The number of hydrogen-bond donors (Lipinski definition) is 4. The van der Waals surface area contributed by atoms with E-state index in [-0.39, 0.29) is 37.0 Å². The molecule has 5 rings (SSSR count). The summed E-state index contributed by atoms with van der Waals surface area (Å²) in [5, 5.41) is 24.0. The summed E-state index contributed by atoms with van der Waals surface area (Å²) in [6.45, 7) is 1.90. The molecule has 0 unspecified atom stereocenters. The number of thioether (sulfide) groups is 1. The molecule has 0 aliphatic carbocycles. The van der Waals surface area contributed by atoms with Gasteiger partial charge in [-0.2, -0.15) is 0 Å². The molecule has 1 aliphatic heterocycles. The number of benzene rings is 4. The van der Waals surface area contributed by atoms with Crippen molar-refractivity contribution in [2.45, 2.75) is 82.0 Å². The lowest BCUT2D eigenvalue weighted by Crippen LogP contribution is -2.31. The molecule has 4 aromatic carbocycles. The van der Waals surface area contributed by atoms with E-state index >= 15 is 0 Å². The van der Waals surface area contributed by atoms with Crippen molar-refractivity contribution in [1.29, 1.82) is 0 Å². The molecule has 2 amide bonds. The molecule has 50 heavy (non-hydrogen) atoms. The third-order valence-electron chi connectivity index (χ3n) is 8.45. The molecule has 4 aromatic rings. The van der Waals surface area contributed by atoms with Crippen LogP contribution in [0.15, 0.2) is 102 Å². The minimum atomic E-state index is -0.807. The number of aliphatic hydroxyl groups excluding tert-OH is 1. The number of amides is 2. The summed E-state index contributed by atoms with van der Waals surface area (Å²) in [6, 6.07) is 31.9. The highest BCUT2D eigenvalue weighted by Gasteiger charge is 2.32. The lowest BCUT2D eigenvalue weighted by atomic mass is 9.99. The molecule has 4 N–H and O–H groups in total. The monoisotopic (exact) mass is 696 g/mol. The smallest absolute Gasteiger partial charge is 0.303 e. The lowest BCUT2D eigenvalue weighted by molar-refractivity contribution is -0.245. The first-order valence-electron chi connectivity index (χ1n) is 16.9. The molecule has 1 aliphatic rings. The normalized spacial score (nSPS) is 17.2. The van der Waals surface area contributed by atoms with Crippen molar-refractivity contribution in [3.8, 4) is 11.1 Å². The van der Waals surface area contributed by atoms with Crippen LogP contribution in [0.2, 0.25) is 0 Å². The SMILES string of the molecule is CC(=O)Nc1ccc(SC[C@@H]2C[C@H](c3ccc(CO)cc3)O[C@H](c3ccc(-c4cccc(CNC(=O)CCCCCC(=O)O)c4)cc3)O2)cc1. The summed E-state index contributed by atoms with van der Waals surface area (Å²) >= 11 is 1.70. The molecule has 0 spiro atoms. The Balaban J connectivity index is 1.22. The van der Waals surface area contributed by atoms with Crippen LogP contribution in [0.3, 0.4) is 0 Å². The molecule has 1 saturated heterocycles. The summed E-state index contributed by atoms with van der Waals surface area (Å²) in [6.07, 6.45) is 2.32. The molecule has 9 nitrogen and oxygen atoms in total. The number of anilines is 1. The van der Waals surface area contributed by atoms with Gasteiger partial charge in [0.1, 0.15) is 0 Å². The quantitative estimate of drug-likeness (QED) is 0.0689. The zero-order valence-electron chi connectivity index (χ0n) is 28.2. The van der Waals surface area contributed by atoms with E-state index in [2.05, 4.69) is 28.8 Å². The van der Waals surface area contributed by atoms with Crippen LogP contribution in [0.4, 0.5) is 5.69 Å². The Hall–Kier alpha value is -4.48. The van der Waals surface area contributed by atoms with Crippen molar-refractivity contribution in [3.05, 3.63) is 119 Å². The molecule has 1 heterocycles. The first kappa shape index (κ1) is 36.8. The number of aliphatic hydroxyl groups is 1. The average molecular weight is 697 g/mol. The molecule has 10 heteroatoms. The van der Waals surface area contributed by atoms with Crippen LogP contribution in [-0.2, 0) is 37.0 Å². The Kier molecular flexibility index (Phi) is 13.6. The van der Waals surface area contributed by atoms with Crippen molar-refractivity contribution in [3.63, 3.8) is 0 Å². The highest BCUT2D eigenvalue weighted by atomic mass is 32.2. The summed E-state index contributed by atoms with van der Waals surface area (Å²) in [7, 11) is 0. The fraction of sp³-hybridized carbons (Fsp3) is 0.325. The third kappa shape index (κ3) is 11.3. The molecule has 0 radical (unpaired) electrons. The molecule has 0 saturated carbocycles. The summed E-state index contributed by atoms with van der Waals surface area (Å²) < 4.78 is 13.1. The third-order valence-corrected chi connectivity index (χ3v) is 9.60. The van der Waals surface area contributed by atoms with Crippen LogP contribution in [-0.4, -0.2) is 39.9 Å². The zero-order valence-corrected chi connectivity index (χ0v) is 29.0. The van der Waals surface area contributed by atoms with E-state index in [1.165, 1.54) is 6.92 Å². The molecular weight excluding hydrogens is 653 g/mol. The number of unbranched alkanes of at least 4 members (excludes halogenated alkanes) is 2. The van der Waals surface area contributed by atoms with E-state index in [1.54, 1.807) is 11.8 Å². The van der Waals surface area contributed by atoms with E-state index in [1.807, 2.05) is 78.9 Å². The van der Waals surface area contributed by atoms with Gasteiger partial charge in [-0.15, -0.1) is 11.8 Å². The lowest BCUT2D eigenvalue weighted by Gasteiger charge is -2.36. The second-order valence-corrected chi connectivity index (χ2v) is 13.5. The number of rotatable bonds is 16. The molecule has 0 aromatic heterocycles. The second-order valence-electron chi connectivity index (χ2n) is 12.4. The van der Waals surface area contributed by atoms with Crippen LogP contribution < -0.4 is 10.6 Å². The first-order valence-corrected chi connectivity index (χ1v) is 17.9. The standard InChI is InChI=1S/C40H44N2O7S/c1-27(44)42-34-18-20-36(21-19-34)50-26-35-23-37(31-12-10-28(25-43)11-13-31)49-40(48-35)32-16-14-30(15-17-32)33-7-5-6-29(22-33)24-41-38(45)8-3-2-4-9-39(46)47/h5-7,10-22,35,37,40,43H,2-4,8-9,23-26H2,1H3,(H,41,45)(H,42,44)(H,46,47)/t35-,37+,40+/m0/s1. The predicted octanol–water partition coefficient (Wildman–Crippen LogP) is 7.79. The number of carbonyl (C=O) groups excluding carboxylic acids is 2. The number of hydrogen-bond acceptors (Lipinski definition) is 7. The number of carboxylic acids is 1. The van der Waals surface area contributed by atoms with Gasteiger partial charge in [-0.3, -0.25) is 14.4 Å². The fourth-order valence-corrected chi connectivity index (χ4v) is 6.69. The van der Waals surface area contributed by atoms with Gasteiger partial charge in [0.25, 0.3) is 0 Å². The first-order chi connectivity index (χ1) is 24.2. The minimum Gasteiger partial charge on any atom is -0.481 e. The van der Waals surface area contributed by atoms with Gasteiger partial charge in [0.15, 0.2) is 6.29 Å². The maximum atomic E-state index is 12.3. The largest absolute Gasteiger partial charge is 0.481 e. The number of ether oxygens (including phenoxy) is 2. The predicted molar refractivity (Wildman–Crippen MR) is 194 cm³/mol. The van der Waals surface area contributed by atoms with Gasteiger partial charge >= 0.3 is 5.97 Å². The number of aliphatic carboxylic acids is 1. The maximum absolute atomic E-state index is 12.3. The highest BCUT2D eigenvalue weighted by Crippen LogP contribution is 2.40.